The second-order valence-corrected chi connectivity index (χ2v) is 5.74. The molecule has 0 saturated carbocycles. The van der Waals surface area contributed by atoms with Crippen LogP contribution in [0.2, 0.25) is 0 Å². The second-order valence-electron chi connectivity index (χ2n) is 5.74. The molecule has 4 aromatic rings. The van der Waals surface area contributed by atoms with Gasteiger partial charge in [0, 0.05) is 19.4 Å². The Labute approximate surface area is 139 Å². The normalized spacial score (nSPS) is 11.1. The van der Waals surface area contributed by atoms with E-state index in [1.54, 1.807) is 6.07 Å². The van der Waals surface area contributed by atoms with Crippen LogP contribution in [-0.4, -0.2) is 15.5 Å². The van der Waals surface area contributed by atoms with Gasteiger partial charge in [0.2, 0.25) is 0 Å². The lowest BCUT2D eigenvalue weighted by Crippen LogP contribution is -2.03. The van der Waals surface area contributed by atoms with Crippen molar-refractivity contribution >= 4 is 27.8 Å². The molecule has 1 heterocycles. The highest BCUT2D eigenvalue weighted by atomic mass is 16.5. The van der Waals surface area contributed by atoms with E-state index in [0.29, 0.717) is 5.75 Å². The van der Waals surface area contributed by atoms with Crippen molar-refractivity contribution in [2.75, 3.05) is 0 Å². The van der Waals surface area contributed by atoms with Gasteiger partial charge in [-0.3, -0.25) is 4.79 Å². The van der Waals surface area contributed by atoms with Gasteiger partial charge in [-0.15, -0.1) is 0 Å². The Kier molecular flexibility index (Phi) is 3.31. The second kappa shape index (κ2) is 5.49. The number of carbonyl (C=O) groups is 1. The number of nitrogens with zero attached hydrogens (tertiary/aromatic N) is 2. The van der Waals surface area contributed by atoms with Crippen molar-refractivity contribution in [2.24, 2.45) is 7.05 Å². The largest absolute Gasteiger partial charge is 0.426 e. The van der Waals surface area contributed by atoms with Gasteiger partial charge in [0.15, 0.2) is 0 Å². The number of benzene rings is 3. The molecule has 3 aromatic carbocycles. The molecule has 0 saturated heterocycles. The lowest BCUT2D eigenvalue weighted by atomic mass is 10.1. The minimum atomic E-state index is -0.341. The van der Waals surface area contributed by atoms with Crippen molar-refractivity contribution in [3.63, 3.8) is 0 Å². The van der Waals surface area contributed by atoms with E-state index in [9.17, 15) is 4.79 Å². The fourth-order valence-corrected chi connectivity index (χ4v) is 3.06. The summed E-state index contributed by atoms with van der Waals surface area (Å²) in [6, 6.07) is 19.8. The van der Waals surface area contributed by atoms with Crippen molar-refractivity contribution in [3.05, 3.63) is 60.7 Å². The fourth-order valence-electron chi connectivity index (χ4n) is 3.06. The highest BCUT2D eigenvalue weighted by Gasteiger charge is 2.16. The van der Waals surface area contributed by atoms with Crippen LogP contribution in [0.25, 0.3) is 33.2 Å². The first-order valence-corrected chi connectivity index (χ1v) is 7.77. The van der Waals surface area contributed by atoms with Gasteiger partial charge in [0.1, 0.15) is 11.6 Å². The van der Waals surface area contributed by atoms with Crippen LogP contribution in [0.3, 0.4) is 0 Å². The maximum atomic E-state index is 11.4. The average Bonchev–Trinajstić information content (AvgIpc) is 2.92. The maximum absolute atomic E-state index is 11.4. The SMILES string of the molecule is CC(=O)Oc1ccccc1-c1nc2c3ccccc3ccc2n1C. The summed E-state index contributed by atoms with van der Waals surface area (Å²) in [6.07, 6.45) is 0. The van der Waals surface area contributed by atoms with E-state index in [1.165, 1.54) is 6.92 Å². The molecule has 4 heteroatoms. The monoisotopic (exact) mass is 316 g/mol. The van der Waals surface area contributed by atoms with Gasteiger partial charge < -0.3 is 9.30 Å². The molecule has 0 fully saturated rings. The number of aryl methyl sites for hydroxylation is 1. The molecule has 4 rings (SSSR count). The Morgan fingerprint density at radius 1 is 1.00 bits per heavy atom. The molecule has 0 bridgehead atoms. The minimum Gasteiger partial charge on any atom is -0.426 e. The summed E-state index contributed by atoms with van der Waals surface area (Å²) in [5.74, 6) is 0.956. The Balaban J connectivity index is 2.00. The fraction of sp³-hybridized carbons (Fsp3) is 0.100. The molecular formula is C20H16N2O2. The summed E-state index contributed by atoms with van der Waals surface area (Å²) in [6.45, 7) is 1.40. The molecule has 0 atom stereocenters. The Morgan fingerprint density at radius 2 is 1.75 bits per heavy atom. The summed E-state index contributed by atoms with van der Waals surface area (Å²) in [5.41, 5.74) is 2.79. The summed E-state index contributed by atoms with van der Waals surface area (Å²) < 4.78 is 7.38. The van der Waals surface area contributed by atoms with Crippen molar-refractivity contribution < 1.29 is 9.53 Å². The first-order chi connectivity index (χ1) is 11.6. The molecule has 0 amide bonds. The molecule has 118 valence electrons. The predicted molar refractivity (Wildman–Crippen MR) is 95.0 cm³/mol. The van der Waals surface area contributed by atoms with E-state index in [4.69, 9.17) is 9.72 Å². The number of carbonyl (C=O) groups excluding carboxylic acids is 1. The first kappa shape index (κ1) is 14.5. The molecule has 0 N–H and O–H groups in total. The van der Waals surface area contributed by atoms with Gasteiger partial charge in [-0.1, -0.05) is 42.5 Å². The lowest BCUT2D eigenvalue weighted by molar-refractivity contribution is -0.131. The number of hydrogen-bond acceptors (Lipinski definition) is 3. The van der Waals surface area contributed by atoms with Crippen LogP contribution in [0.4, 0.5) is 0 Å². The number of aromatic nitrogens is 2. The smallest absolute Gasteiger partial charge is 0.308 e. The third kappa shape index (κ3) is 2.24. The van der Waals surface area contributed by atoms with Crippen molar-refractivity contribution in [1.82, 2.24) is 9.55 Å². The van der Waals surface area contributed by atoms with Gasteiger partial charge in [-0.05, 0) is 23.6 Å². The van der Waals surface area contributed by atoms with Crippen LogP contribution in [0.1, 0.15) is 6.92 Å². The number of imidazole rings is 1. The van der Waals surface area contributed by atoms with E-state index in [2.05, 4.69) is 24.3 Å². The summed E-state index contributed by atoms with van der Waals surface area (Å²) in [4.78, 5) is 16.2. The van der Waals surface area contributed by atoms with E-state index in [1.807, 2.05) is 41.9 Å². The quantitative estimate of drug-likeness (QED) is 0.409. The van der Waals surface area contributed by atoms with Crippen LogP contribution in [-0.2, 0) is 11.8 Å². The predicted octanol–water partition coefficient (Wildman–Crippen LogP) is 4.32. The molecule has 1 aromatic heterocycles. The van der Waals surface area contributed by atoms with E-state index in [-0.39, 0.29) is 5.97 Å². The Morgan fingerprint density at radius 3 is 2.58 bits per heavy atom. The number of rotatable bonds is 2. The molecular weight excluding hydrogens is 300 g/mol. The van der Waals surface area contributed by atoms with Crippen molar-refractivity contribution in [1.29, 1.82) is 0 Å². The van der Waals surface area contributed by atoms with Crippen LogP contribution in [0.5, 0.6) is 5.75 Å². The lowest BCUT2D eigenvalue weighted by Gasteiger charge is -2.08. The zero-order valence-corrected chi connectivity index (χ0v) is 13.5. The summed E-state index contributed by atoms with van der Waals surface area (Å²) >= 11 is 0. The van der Waals surface area contributed by atoms with Crippen LogP contribution < -0.4 is 4.74 Å². The highest BCUT2D eigenvalue weighted by molar-refractivity contribution is 6.05. The van der Waals surface area contributed by atoms with E-state index >= 15 is 0 Å². The molecule has 0 aliphatic heterocycles. The van der Waals surface area contributed by atoms with Gasteiger partial charge in [-0.25, -0.2) is 4.98 Å². The molecule has 0 aliphatic carbocycles. The average molecular weight is 316 g/mol. The topological polar surface area (TPSA) is 44.1 Å². The summed E-state index contributed by atoms with van der Waals surface area (Å²) in [5, 5.41) is 2.27. The highest BCUT2D eigenvalue weighted by Crippen LogP contribution is 2.33. The van der Waals surface area contributed by atoms with Crippen molar-refractivity contribution in [3.8, 4) is 17.1 Å². The van der Waals surface area contributed by atoms with Crippen LogP contribution in [0, 0.1) is 0 Å². The molecule has 24 heavy (non-hydrogen) atoms. The van der Waals surface area contributed by atoms with E-state index < -0.39 is 0 Å². The van der Waals surface area contributed by atoms with Gasteiger partial charge in [0.05, 0.1) is 16.6 Å². The number of ether oxygens (including phenoxy) is 1. The number of esters is 1. The summed E-state index contributed by atoms with van der Waals surface area (Å²) in [7, 11) is 1.98. The van der Waals surface area contributed by atoms with Gasteiger partial charge >= 0.3 is 5.97 Å². The number of hydrogen-bond donors (Lipinski definition) is 0. The molecule has 0 unspecified atom stereocenters. The zero-order valence-electron chi connectivity index (χ0n) is 13.5. The minimum absolute atomic E-state index is 0.341. The maximum Gasteiger partial charge on any atom is 0.308 e. The zero-order chi connectivity index (χ0) is 16.7. The molecule has 4 nitrogen and oxygen atoms in total. The Bertz CT molecular complexity index is 1080. The van der Waals surface area contributed by atoms with Crippen molar-refractivity contribution in [2.45, 2.75) is 6.92 Å². The third-order valence-electron chi connectivity index (χ3n) is 4.16. The van der Waals surface area contributed by atoms with Crippen LogP contribution in [0.15, 0.2) is 60.7 Å². The van der Waals surface area contributed by atoms with E-state index in [0.717, 1.165) is 33.2 Å². The van der Waals surface area contributed by atoms with Gasteiger partial charge in [-0.2, -0.15) is 0 Å². The van der Waals surface area contributed by atoms with Gasteiger partial charge in [0.25, 0.3) is 0 Å². The molecule has 0 radical (unpaired) electrons. The molecule has 0 spiro atoms. The number of para-hydroxylation sites is 1. The first-order valence-electron chi connectivity index (χ1n) is 7.77. The third-order valence-corrected chi connectivity index (χ3v) is 4.16. The molecule has 0 aliphatic rings. The Hall–Kier alpha value is -3.14. The number of fused-ring (bicyclic) bond motifs is 3. The van der Waals surface area contributed by atoms with Crippen LogP contribution >= 0.6 is 0 Å². The standard InChI is InChI=1S/C20H16N2O2/c1-13(23)24-18-10-6-5-9-16(18)20-21-19-15-8-4-3-7-14(15)11-12-17(19)22(20)2/h3-12H,1-2H3.